The Kier molecular flexibility index (Phi) is 16.1. The van der Waals surface area contributed by atoms with Crippen molar-refractivity contribution in [2.24, 2.45) is 0 Å². The molecule has 1 unspecified atom stereocenters. The molecule has 0 aromatic heterocycles. The number of rotatable bonds is 13. The van der Waals surface area contributed by atoms with Crippen LogP contribution >= 0.6 is 0 Å². The SMILES string of the molecule is OC[C@H]1O[C@H](O[C@@H]2[C@@H](OC[C@H]3OC(O)[C@@H](O[C@H]4O[C@H](CO)[C@@H](O)[C@H](O)[C@@H]4O[C@H]4O[C@H](CO)[C@@H](O)[C@H](O)[C@@H]4O)[C@@H](O)[C@@H]3O)O[C@H](CO)[C@@H](O)[C@@H]2O)[C@@H](O)[C@@H](O)[C@@H]1O. The number of aliphatic hydroxyl groups is 17. The van der Waals surface area contributed by atoms with E-state index in [4.69, 9.17) is 42.6 Å². The summed E-state index contributed by atoms with van der Waals surface area (Å²) in [7, 11) is 0. The summed E-state index contributed by atoms with van der Waals surface area (Å²) in [4.78, 5) is 0. The second-order valence-corrected chi connectivity index (χ2v) is 14.0. The highest BCUT2D eigenvalue weighted by molar-refractivity contribution is 4.97. The Hall–Kier alpha value is -1.04. The highest BCUT2D eigenvalue weighted by atomic mass is 16.8. The minimum atomic E-state index is -2.18. The third-order valence-corrected chi connectivity index (χ3v) is 10.3. The summed E-state index contributed by atoms with van der Waals surface area (Å²) in [5.74, 6) is 0. The van der Waals surface area contributed by atoms with E-state index in [1.165, 1.54) is 0 Å². The van der Waals surface area contributed by atoms with Crippen LogP contribution < -0.4 is 0 Å². The molecule has 0 bridgehead atoms. The molecule has 5 rings (SSSR count). The summed E-state index contributed by atoms with van der Waals surface area (Å²) in [5, 5.41) is 176. The molecule has 26 nitrogen and oxygen atoms in total. The van der Waals surface area contributed by atoms with Crippen LogP contribution in [0.4, 0.5) is 0 Å². The molecular weight excluding hydrogens is 776 g/mol. The minimum Gasteiger partial charge on any atom is -0.394 e. The zero-order valence-electron chi connectivity index (χ0n) is 29.2. The van der Waals surface area contributed by atoms with Crippen LogP contribution in [0, 0.1) is 0 Å². The predicted molar refractivity (Wildman–Crippen MR) is 167 cm³/mol. The van der Waals surface area contributed by atoms with Crippen LogP contribution in [0.15, 0.2) is 0 Å². The molecule has 0 radical (unpaired) electrons. The summed E-state index contributed by atoms with van der Waals surface area (Å²) < 4.78 is 49.3. The van der Waals surface area contributed by atoms with Crippen molar-refractivity contribution in [2.45, 2.75) is 154 Å². The van der Waals surface area contributed by atoms with Crippen LogP contribution in [0.3, 0.4) is 0 Å². The van der Waals surface area contributed by atoms with Crippen molar-refractivity contribution in [3.8, 4) is 0 Å². The lowest BCUT2D eigenvalue weighted by Gasteiger charge is -2.48. The van der Waals surface area contributed by atoms with E-state index in [1.807, 2.05) is 0 Å². The lowest BCUT2D eigenvalue weighted by Crippen LogP contribution is -2.67. The Morgan fingerprint density at radius 1 is 0.304 bits per heavy atom. The number of aliphatic hydroxyl groups excluding tert-OH is 17. The van der Waals surface area contributed by atoms with Crippen molar-refractivity contribution < 1.29 is 129 Å². The maximum atomic E-state index is 11.1. The standard InChI is InChI=1S/C30H52O26/c31-1-6-11(35)16(40)21(45)27(50-6)55-24-19(43)13(37)8(3-33)52-29(24)48-5-10-15(39)18(42)23(26(47)49-10)54-30-25(20(44)14(38)9(4-34)53-30)56-28-22(46)17(41)12(36)7(2-32)51-28/h6-47H,1-5H2/t6-,7-,8-,9-,10-,11-,12-,13-,14-,15-,16+,17+,18+,19+,20+,21+,22+,23+,24+,25+,26?,27-,28-,29+,30-/m1/s1. The van der Waals surface area contributed by atoms with Gasteiger partial charge in [0.1, 0.15) is 122 Å². The zero-order valence-corrected chi connectivity index (χ0v) is 29.2. The molecule has 0 saturated carbocycles. The Balaban J connectivity index is 1.27. The molecule has 5 aliphatic heterocycles. The van der Waals surface area contributed by atoms with Crippen LogP contribution in [0.5, 0.6) is 0 Å². The highest BCUT2D eigenvalue weighted by Crippen LogP contribution is 2.34. The number of hydrogen-bond acceptors (Lipinski definition) is 26. The monoisotopic (exact) mass is 828 g/mol. The normalized spacial score (nSPS) is 53.2. The summed E-state index contributed by atoms with van der Waals surface area (Å²) in [5.41, 5.74) is 0. The Morgan fingerprint density at radius 3 is 1.05 bits per heavy atom. The quantitative estimate of drug-likeness (QED) is 0.0819. The summed E-state index contributed by atoms with van der Waals surface area (Å²) >= 11 is 0. The molecule has 17 N–H and O–H groups in total. The fraction of sp³-hybridized carbons (Fsp3) is 1.00. The first-order valence-electron chi connectivity index (χ1n) is 17.6. The van der Waals surface area contributed by atoms with Gasteiger partial charge in [-0.2, -0.15) is 0 Å². The topological polar surface area (TPSA) is 427 Å². The van der Waals surface area contributed by atoms with Gasteiger partial charge in [0.15, 0.2) is 31.5 Å². The first kappa shape index (κ1) is 46.0. The molecule has 0 spiro atoms. The van der Waals surface area contributed by atoms with E-state index < -0.39 is 187 Å². The second kappa shape index (κ2) is 19.6. The molecule has 26 heteroatoms. The van der Waals surface area contributed by atoms with E-state index in [2.05, 4.69) is 0 Å². The third kappa shape index (κ3) is 9.31. The first-order chi connectivity index (χ1) is 26.5. The fourth-order valence-electron chi connectivity index (χ4n) is 6.87. The predicted octanol–water partition coefficient (Wildman–Crippen LogP) is -11.9. The Bertz CT molecular complexity index is 1200. The number of ether oxygens (including phenoxy) is 9. The molecule has 5 heterocycles. The summed E-state index contributed by atoms with van der Waals surface area (Å²) in [6, 6.07) is 0. The van der Waals surface area contributed by atoms with Gasteiger partial charge in [0.05, 0.1) is 33.0 Å². The molecular formula is C30H52O26. The van der Waals surface area contributed by atoms with Crippen molar-refractivity contribution >= 4 is 0 Å². The van der Waals surface area contributed by atoms with Gasteiger partial charge in [-0.3, -0.25) is 0 Å². The van der Waals surface area contributed by atoms with Gasteiger partial charge in [-0.15, -0.1) is 0 Å². The van der Waals surface area contributed by atoms with Gasteiger partial charge in [-0.05, 0) is 0 Å². The van der Waals surface area contributed by atoms with Crippen LogP contribution in [0.2, 0.25) is 0 Å². The molecule has 0 aliphatic carbocycles. The van der Waals surface area contributed by atoms with Crippen molar-refractivity contribution in [2.75, 3.05) is 33.0 Å². The average Bonchev–Trinajstić information content (AvgIpc) is 3.18. The van der Waals surface area contributed by atoms with Crippen molar-refractivity contribution in [1.82, 2.24) is 0 Å². The van der Waals surface area contributed by atoms with Crippen LogP contribution in [0.25, 0.3) is 0 Å². The van der Waals surface area contributed by atoms with Gasteiger partial charge in [-0.1, -0.05) is 0 Å². The molecule has 5 fully saturated rings. The van der Waals surface area contributed by atoms with Gasteiger partial charge < -0.3 is 129 Å². The summed E-state index contributed by atoms with van der Waals surface area (Å²) in [6.45, 7) is -4.28. The molecule has 5 aliphatic rings. The molecule has 0 amide bonds. The molecule has 328 valence electrons. The van der Waals surface area contributed by atoms with E-state index >= 15 is 0 Å². The van der Waals surface area contributed by atoms with Gasteiger partial charge in [0.25, 0.3) is 0 Å². The van der Waals surface area contributed by atoms with E-state index in [0.29, 0.717) is 0 Å². The van der Waals surface area contributed by atoms with Gasteiger partial charge in [0, 0.05) is 0 Å². The smallest absolute Gasteiger partial charge is 0.187 e. The van der Waals surface area contributed by atoms with Gasteiger partial charge in [0.2, 0.25) is 0 Å². The van der Waals surface area contributed by atoms with E-state index in [9.17, 15) is 86.8 Å². The molecule has 0 aromatic carbocycles. The fourth-order valence-corrected chi connectivity index (χ4v) is 6.87. The molecule has 5 saturated heterocycles. The largest absolute Gasteiger partial charge is 0.394 e. The van der Waals surface area contributed by atoms with Crippen molar-refractivity contribution in [3.63, 3.8) is 0 Å². The van der Waals surface area contributed by atoms with Crippen molar-refractivity contribution in [1.29, 1.82) is 0 Å². The van der Waals surface area contributed by atoms with Crippen LogP contribution in [-0.4, -0.2) is 273 Å². The lowest BCUT2D eigenvalue weighted by atomic mass is 9.96. The first-order valence-corrected chi connectivity index (χ1v) is 17.6. The van der Waals surface area contributed by atoms with Crippen LogP contribution in [0.1, 0.15) is 0 Å². The van der Waals surface area contributed by atoms with Crippen LogP contribution in [-0.2, 0) is 42.6 Å². The van der Waals surface area contributed by atoms with Crippen molar-refractivity contribution in [3.05, 3.63) is 0 Å². The Morgan fingerprint density at radius 2 is 0.625 bits per heavy atom. The Labute approximate surface area is 316 Å². The summed E-state index contributed by atoms with van der Waals surface area (Å²) in [6.07, 6.45) is -46.2. The third-order valence-electron chi connectivity index (χ3n) is 10.3. The average molecular weight is 829 g/mol. The van der Waals surface area contributed by atoms with E-state index in [-0.39, 0.29) is 0 Å². The van der Waals surface area contributed by atoms with E-state index in [1.54, 1.807) is 0 Å². The maximum Gasteiger partial charge on any atom is 0.187 e. The minimum absolute atomic E-state index is 0.817. The maximum absolute atomic E-state index is 11.1. The van der Waals surface area contributed by atoms with E-state index in [0.717, 1.165) is 0 Å². The van der Waals surface area contributed by atoms with Gasteiger partial charge in [-0.25, -0.2) is 0 Å². The number of hydrogen-bond donors (Lipinski definition) is 17. The highest BCUT2D eigenvalue weighted by Gasteiger charge is 2.55. The zero-order chi connectivity index (χ0) is 41.3. The molecule has 56 heavy (non-hydrogen) atoms. The second-order valence-electron chi connectivity index (χ2n) is 14.0. The van der Waals surface area contributed by atoms with Gasteiger partial charge >= 0.3 is 0 Å². The molecule has 0 aromatic rings. The lowest BCUT2D eigenvalue weighted by molar-refractivity contribution is -0.394. The molecule has 25 atom stereocenters.